The lowest BCUT2D eigenvalue weighted by Crippen LogP contribution is -2.09. The van der Waals surface area contributed by atoms with Gasteiger partial charge in [0.2, 0.25) is 11.8 Å². The average Bonchev–Trinajstić information content (AvgIpc) is 2.76. The van der Waals surface area contributed by atoms with Crippen LogP contribution in [0, 0.1) is 17.0 Å². The van der Waals surface area contributed by atoms with Gasteiger partial charge in [-0.15, -0.1) is 0 Å². The zero-order chi connectivity index (χ0) is 13.1. The fourth-order valence-electron chi connectivity index (χ4n) is 1.44. The van der Waals surface area contributed by atoms with Crippen LogP contribution in [-0.2, 0) is 0 Å². The number of nitrogens with zero attached hydrogens (tertiary/aromatic N) is 5. The molecule has 0 bridgehead atoms. The highest BCUT2D eigenvalue weighted by molar-refractivity contribution is 5.48. The van der Waals surface area contributed by atoms with Gasteiger partial charge in [0.15, 0.2) is 0 Å². The number of nitro groups is 1. The van der Waals surface area contributed by atoms with Crippen molar-refractivity contribution in [3.63, 3.8) is 0 Å². The van der Waals surface area contributed by atoms with E-state index in [0.29, 0.717) is 12.5 Å². The van der Waals surface area contributed by atoms with Crippen molar-refractivity contribution in [2.75, 3.05) is 11.9 Å². The molecule has 0 unspecified atom stereocenters. The Labute approximate surface area is 103 Å². The minimum Gasteiger partial charge on any atom is -0.354 e. The summed E-state index contributed by atoms with van der Waals surface area (Å²) in [7, 11) is 0. The first-order valence-corrected chi connectivity index (χ1v) is 5.38. The smallest absolute Gasteiger partial charge is 0.332 e. The van der Waals surface area contributed by atoms with Crippen LogP contribution in [0.2, 0.25) is 0 Å². The molecule has 0 aromatic carbocycles. The van der Waals surface area contributed by atoms with Crippen LogP contribution in [0.25, 0.3) is 5.82 Å². The predicted molar refractivity (Wildman–Crippen MR) is 64.7 cm³/mol. The molecule has 8 heteroatoms. The third-order valence-electron chi connectivity index (χ3n) is 2.21. The van der Waals surface area contributed by atoms with Crippen LogP contribution in [0.4, 0.5) is 11.6 Å². The van der Waals surface area contributed by atoms with Gasteiger partial charge in [-0.25, -0.2) is 9.67 Å². The molecule has 0 fully saturated rings. The second-order valence-corrected chi connectivity index (χ2v) is 3.65. The van der Waals surface area contributed by atoms with Crippen LogP contribution in [-0.4, -0.2) is 31.2 Å². The first-order chi connectivity index (χ1) is 8.61. The van der Waals surface area contributed by atoms with Crippen molar-refractivity contribution in [2.45, 2.75) is 13.8 Å². The van der Waals surface area contributed by atoms with Crippen molar-refractivity contribution >= 4 is 11.6 Å². The van der Waals surface area contributed by atoms with E-state index in [0.717, 1.165) is 5.56 Å². The molecule has 18 heavy (non-hydrogen) atoms. The quantitative estimate of drug-likeness (QED) is 0.647. The van der Waals surface area contributed by atoms with E-state index < -0.39 is 4.92 Å². The van der Waals surface area contributed by atoms with Crippen molar-refractivity contribution in [3.05, 3.63) is 34.3 Å². The van der Waals surface area contributed by atoms with Crippen LogP contribution < -0.4 is 5.32 Å². The molecule has 0 radical (unpaired) electrons. The van der Waals surface area contributed by atoms with Crippen molar-refractivity contribution < 1.29 is 4.92 Å². The fraction of sp³-hybridized carbons (Fsp3) is 0.300. The van der Waals surface area contributed by atoms with Crippen LogP contribution in [0.5, 0.6) is 0 Å². The maximum atomic E-state index is 10.9. The van der Waals surface area contributed by atoms with E-state index in [-0.39, 0.29) is 11.5 Å². The normalized spacial score (nSPS) is 10.3. The summed E-state index contributed by atoms with van der Waals surface area (Å²) in [6, 6.07) is 0. The molecule has 1 N–H and O–H groups in total. The molecule has 0 atom stereocenters. The minimum absolute atomic E-state index is 0.152. The standard InChI is InChI=1S/C10H12N6O2/c1-3-11-10-12-5-8(16(17)18)9(14-10)15-6-7(2)4-13-15/h4-6H,3H2,1-2H3,(H,11,12,14). The summed E-state index contributed by atoms with van der Waals surface area (Å²) in [5.74, 6) is 0.491. The van der Waals surface area contributed by atoms with Crippen LogP contribution in [0.15, 0.2) is 18.6 Å². The Kier molecular flexibility index (Phi) is 3.18. The third-order valence-corrected chi connectivity index (χ3v) is 2.21. The second-order valence-electron chi connectivity index (χ2n) is 3.65. The van der Waals surface area contributed by atoms with Gasteiger partial charge in [-0.2, -0.15) is 10.1 Å². The first kappa shape index (κ1) is 12.0. The Balaban J connectivity index is 2.53. The molecule has 0 spiro atoms. The highest BCUT2D eigenvalue weighted by atomic mass is 16.6. The Morgan fingerprint density at radius 1 is 1.50 bits per heavy atom. The minimum atomic E-state index is -0.526. The van der Waals surface area contributed by atoms with Crippen molar-refractivity contribution in [3.8, 4) is 5.82 Å². The van der Waals surface area contributed by atoms with Gasteiger partial charge in [0.1, 0.15) is 6.20 Å². The third kappa shape index (κ3) is 2.26. The zero-order valence-corrected chi connectivity index (χ0v) is 9.99. The Hall–Kier alpha value is -2.51. The summed E-state index contributed by atoms with van der Waals surface area (Å²) < 4.78 is 1.37. The van der Waals surface area contributed by atoms with E-state index in [1.165, 1.54) is 10.9 Å². The van der Waals surface area contributed by atoms with Gasteiger partial charge in [0.05, 0.1) is 11.1 Å². The summed E-state index contributed by atoms with van der Waals surface area (Å²) >= 11 is 0. The lowest BCUT2D eigenvalue weighted by Gasteiger charge is -2.05. The largest absolute Gasteiger partial charge is 0.354 e. The van der Waals surface area contributed by atoms with E-state index in [2.05, 4.69) is 20.4 Å². The highest BCUT2D eigenvalue weighted by Gasteiger charge is 2.19. The maximum absolute atomic E-state index is 10.9. The topological polar surface area (TPSA) is 98.8 Å². The summed E-state index contributed by atoms with van der Waals surface area (Å²) in [6.07, 6.45) is 4.46. The molecule has 0 saturated carbocycles. The van der Waals surface area contributed by atoms with Gasteiger partial charge < -0.3 is 5.32 Å². The number of hydrogen-bond donors (Lipinski definition) is 1. The number of hydrogen-bond acceptors (Lipinski definition) is 6. The van der Waals surface area contributed by atoms with Crippen molar-refractivity contribution in [1.29, 1.82) is 0 Å². The van der Waals surface area contributed by atoms with Gasteiger partial charge in [0, 0.05) is 12.7 Å². The Bertz CT molecular complexity index is 579. The van der Waals surface area contributed by atoms with E-state index in [4.69, 9.17) is 0 Å². The monoisotopic (exact) mass is 248 g/mol. The molecule has 2 heterocycles. The van der Waals surface area contributed by atoms with Gasteiger partial charge >= 0.3 is 5.69 Å². The highest BCUT2D eigenvalue weighted by Crippen LogP contribution is 2.20. The van der Waals surface area contributed by atoms with Gasteiger partial charge in [-0.05, 0) is 19.4 Å². The summed E-state index contributed by atoms with van der Waals surface area (Å²) in [6.45, 7) is 4.37. The van der Waals surface area contributed by atoms with E-state index in [9.17, 15) is 10.1 Å². The number of aryl methyl sites for hydroxylation is 1. The van der Waals surface area contributed by atoms with Crippen molar-refractivity contribution in [1.82, 2.24) is 19.7 Å². The molecular formula is C10H12N6O2. The summed E-state index contributed by atoms with van der Waals surface area (Å²) in [4.78, 5) is 18.4. The second kappa shape index (κ2) is 4.78. The molecule has 0 aliphatic rings. The maximum Gasteiger partial charge on any atom is 0.332 e. The molecule has 8 nitrogen and oxygen atoms in total. The van der Waals surface area contributed by atoms with Crippen LogP contribution >= 0.6 is 0 Å². The lowest BCUT2D eigenvalue weighted by molar-refractivity contribution is -0.385. The van der Waals surface area contributed by atoms with Crippen LogP contribution in [0.1, 0.15) is 12.5 Å². The molecule has 0 aliphatic carbocycles. The molecule has 94 valence electrons. The molecule has 2 aromatic heterocycles. The Morgan fingerprint density at radius 3 is 2.83 bits per heavy atom. The molecule has 2 aromatic rings. The molecule has 0 aliphatic heterocycles. The Morgan fingerprint density at radius 2 is 2.28 bits per heavy atom. The summed E-state index contributed by atoms with van der Waals surface area (Å²) in [5.41, 5.74) is 0.715. The first-order valence-electron chi connectivity index (χ1n) is 5.38. The van der Waals surface area contributed by atoms with Crippen molar-refractivity contribution in [2.24, 2.45) is 0 Å². The number of nitrogens with one attached hydrogen (secondary N) is 1. The lowest BCUT2D eigenvalue weighted by atomic mass is 10.4. The number of anilines is 1. The molecule has 2 rings (SSSR count). The van der Waals surface area contributed by atoms with E-state index >= 15 is 0 Å². The average molecular weight is 248 g/mol. The predicted octanol–water partition coefficient (Wildman–Crippen LogP) is 1.31. The van der Waals surface area contributed by atoms with Gasteiger partial charge in [0.25, 0.3) is 0 Å². The van der Waals surface area contributed by atoms with Gasteiger partial charge in [-0.3, -0.25) is 10.1 Å². The zero-order valence-electron chi connectivity index (χ0n) is 9.99. The van der Waals surface area contributed by atoms with Gasteiger partial charge in [-0.1, -0.05) is 0 Å². The SMILES string of the molecule is CCNc1ncc([N+](=O)[O-])c(-n2cc(C)cn2)n1. The van der Waals surface area contributed by atoms with Crippen LogP contribution in [0.3, 0.4) is 0 Å². The fourth-order valence-corrected chi connectivity index (χ4v) is 1.44. The number of rotatable bonds is 4. The number of aromatic nitrogens is 4. The van der Waals surface area contributed by atoms with E-state index in [1.807, 2.05) is 13.8 Å². The van der Waals surface area contributed by atoms with E-state index in [1.54, 1.807) is 12.4 Å². The summed E-state index contributed by atoms with van der Waals surface area (Å²) in [5, 5.41) is 17.9. The molecule has 0 amide bonds. The molecule has 0 saturated heterocycles. The molecular weight excluding hydrogens is 236 g/mol.